The number of hydrogen-bond acceptors (Lipinski definition) is 4. The van der Waals surface area contributed by atoms with Gasteiger partial charge in [-0.3, -0.25) is 10.1 Å². The molecule has 0 bridgehead atoms. The summed E-state index contributed by atoms with van der Waals surface area (Å²) in [6, 6.07) is 11.9. The maximum atomic E-state index is 10.9. The van der Waals surface area contributed by atoms with E-state index in [2.05, 4.69) is 5.32 Å². The van der Waals surface area contributed by atoms with Crippen LogP contribution in [0, 0.1) is 17.0 Å². The predicted molar refractivity (Wildman–Crippen MR) is 78.0 cm³/mol. The number of aromatic hydroxyl groups is 1. The second-order valence-electron chi connectivity index (χ2n) is 4.72. The third-order valence-electron chi connectivity index (χ3n) is 3.16. The highest BCUT2D eigenvalue weighted by atomic mass is 16.6. The van der Waals surface area contributed by atoms with Crippen molar-refractivity contribution in [3.8, 4) is 5.75 Å². The zero-order valence-corrected chi connectivity index (χ0v) is 11.3. The topological polar surface area (TPSA) is 75.4 Å². The van der Waals surface area contributed by atoms with Gasteiger partial charge in [-0.1, -0.05) is 18.2 Å². The maximum Gasteiger partial charge on any atom is 0.274 e. The van der Waals surface area contributed by atoms with E-state index >= 15 is 0 Å². The molecule has 2 rings (SSSR count). The number of anilines is 1. The highest BCUT2D eigenvalue weighted by Gasteiger charge is 2.12. The van der Waals surface area contributed by atoms with Crippen molar-refractivity contribution in [2.24, 2.45) is 0 Å². The first-order valence-corrected chi connectivity index (χ1v) is 6.28. The molecule has 1 atom stereocenters. The van der Waals surface area contributed by atoms with Crippen LogP contribution >= 0.6 is 0 Å². The zero-order valence-electron chi connectivity index (χ0n) is 11.3. The van der Waals surface area contributed by atoms with Gasteiger partial charge >= 0.3 is 0 Å². The SMILES string of the molecule is Cc1ccc(NC(C)c2cccc(O)c2)cc1[N+](=O)[O-]. The maximum absolute atomic E-state index is 10.9. The van der Waals surface area contributed by atoms with Crippen molar-refractivity contribution in [2.45, 2.75) is 19.9 Å². The van der Waals surface area contributed by atoms with Gasteiger partial charge in [0.25, 0.3) is 5.69 Å². The van der Waals surface area contributed by atoms with E-state index in [-0.39, 0.29) is 22.4 Å². The summed E-state index contributed by atoms with van der Waals surface area (Å²) in [4.78, 5) is 10.5. The number of phenolic OH excluding ortho intramolecular Hbond substituents is 1. The monoisotopic (exact) mass is 272 g/mol. The molecule has 104 valence electrons. The Morgan fingerprint density at radius 1 is 1.25 bits per heavy atom. The Bertz CT molecular complexity index is 641. The van der Waals surface area contributed by atoms with Crippen molar-refractivity contribution in [3.05, 3.63) is 63.7 Å². The Balaban J connectivity index is 2.22. The minimum absolute atomic E-state index is 0.0654. The quantitative estimate of drug-likeness (QED) is 0.656. The number of hydrogen-bond donors (Lipinski definition) is 2. The summed E-state index contributed by atoms with van der Waals surface area (Å²) in [6.07, 6.45) is 0. The molecule has 0 heterocycles. The minimum Gasteiger partial charge on any atom is -0.508 e. The van der Waals surface area contributed by atoms with Gasteiger partial charge in [0.2, 0.25) is 0 Å². The molecule has 0 amide bonds. The van der Waals surface area contributed by atoms with Crippen LogP contribution in [0.2, 0.25) is 0 Å². The molecule has 5 heteroatoms. The summed E-state index contributed by atoms with van der Waals surface area (Å²) in [5.41, 5.74) is 2.31. The molecular weight excluding hydrogens is 256 g/mol. The molecule has 2 aromatic rings. The van der Waals surface area contributed by atoms with Crippen molar-refractivity contribution >= 4 is 11.4 Å². The molecule has 0 fully saturated rings. The molecular formula is C15H16N2O3. The highest BCUT2D eigenvalue weighted by molar-refractivity contribution is 5.55. The Labute approximate surface area is 117 Å². The van der Waals surface area contributed by atoms with Crippen molar-refractivity contribution in [3.63, 3.8) is 0 Å². The van der Waals surface area contributed by atoms with Crippen molar-refractivity contribution in [1.82, 2.24) is 0 Å². The summed E-state index contributed by atoms with van der Waals surface area (Å²) in [7, 11) is 0. The van der Waals surface area contributed by atoms with Gasteiger partial charge < -0.3 is 10.4 Å². The molecule has 1 unspecified atom stereocenters. The van der Waals surface area contributed by atoms with E-state index in [9.17, 15) is 15.2 Å². The largest absolute Gasteiger partial charge is 0.508 e. The molecule has 0 aliphatic rings. The number of aryl methyl sites for hydroxylation is 1. The fourth-order valence-corrected chi connectivity index (χ4v) is 2.02. The van der Waals surface area contributed by atoms with Crippen molar-refractivity contribution < 1.29 is 10.0 Å². The molecule has 0 aliphatic carbocycles. The van der Waals surface area contributed by atoms with Crippen LogP contribution < -0.4 is 5.32 Å². The number of rotatable bonds is 4. The molecule has 0 saturated carbocycles. The summed E-state index contributed by atoms with van der Waals surface area (Å²) in [5.74, 6) is 0.200. The summed E-state index contributed by atoms with van der Waals surface area (Å²) < 4.78 is 0. The predicted octanol–water partition coefficient (Wildman–Crippen LogP) is 3.78. The summed E-state index contributed by atoms with van der Waals surface area (Å²) >= 11 is 0. The Morgan fingerprint density at radius 2 is 2.00 bits per heavy atom. The van der Waals surface area contributed by atoms with E-state index in [1.165, 1.54) is 6.07 Å². The molecule has 2 aromatic carbocycles. The van der Waals surface area contributed by atoms with Crippen LogP contribution in [0.5, 0.6) is 5.75 Å². The van der Waals surface area contributed by atoms with E-state index < -0.39 is 0 Å². The summed E-state index contributed by atoms with van der Waals surface area (Å²) in [5, 5.41) is 23.6. The van der Waals surface area contributed by atoms with Gasteiger partial charge in [0.15, 0.2) is 0 Å². The van der Waals surface area contributed by atoms with Crippen LogP contribution in [0.25, 0.3) is 0 Å². The third kappa shape index (κ3) is 3.06. The minimum atomic E-state index is -0.389. The number of benzene rings is 2. The molecule has 5 nitrogen and oxygen atoms in total. The lowest BCUT2D eigenvalue weighted by Gasteiger charge is -2.16. The highest BCUT2D eigenvalue weighted by Crippen LogP contribution is 2.26. The first kappa shape index (κ1) is 13.9. The smallest absolute Gasteiger partial charge is 0.274 e. The lowest BCUT2D eigenvalue weighted by atomic mass is 10.1. The Hall–Kier alpha value is -2.56. The number of phenols is 1. The zero-order chi connectivity index (χ0) is 14.7. The number of nitro benzene ring substituents is 1. The van der Waals surface area contributed by atoms with Crippen LogP contribution in [0.3, 0.4) is 0 Å². The van der Waals surface area contributed by atoms with E-state index in [0.717, 1.165) is 5.56 Å². The van der Waals surface area contributed by atoms with Crippen molar-refractivity contribution in [2.75, 3.05) is 5.32 Å². The van der Waals surface area contributed by atoms with Gasteiger partial charge in [0.1, 0.15) is 5.75 Å². The first-order chi connectivity index (χ1) is 9.47. The lowest BCUT2D eigenvalue weighted by molar-refractivity contribution is -0.385. The fourth-order valence-electron chi connectivity index (χ4n) is 2.02. The van der Waals surface area contributed by atoms with Gasteiger partial charge in [0.05, 0.1) is 4.92 Å². The number of nitro groups is 1. The van der Waals surface area contributed by atoms with Gasteiger partial charge in [-0.05, 0) is 37.6 Å². The normalized spacial score (nSPS) is 11.9. The summed E-state index contributed by atoms with van der Waals surface area (Å²) in [6.45, 7) is 3.64. The molecule has 20 heavy (non-hydrogen) atoms. The second kappa shape index (κ2) is 5.61. The van der Waals surface area contributed by atoms with Gasteiger partial charge in [0, 0.05) is 23.4 Å². The Morgan fingerprint density at radius 3 is 2.65 bits per heavy atom. The average molecular weight is 272 g/mol. The second-order valence-corrected chi connectivity index (χ2v) is 4.72. The third-order valence-corrected chi connectivity index (χ3v) is 3.16. The van der Waals surface area contributed by atoms with Crippen LogP contribution in [0.1, 0.15) is 24.1 Å². The van der Waals surface area contributed by atoms with Crippen LogP contribution in [0.4, 0.5) is 11.4 Å². The van der Waals surface area contributed by atoms with Crippen LogP contribution in [0.15, 0.2) is 42.5 Å². The molecule has 0 spiro atoms. The van der Waals surface area contributed by atoms with Crippen LogP contribution in [-0.2, 0) is 0 Å². The molecule has 0 radical (unpaired) electrons. The van der Waals surface area contributed by atoms with Gasteiger partial charge in [-0.15, -0.1) is 0 Å². The average Bonchev–Trinajstić information content (AvgIpc) is 2.40. The van der Waals surface area contributed by atoms with Crippen molar-refractivity contribution in [1.29, 1.82) is 0 Å². The van der Waals surface area contributed by atoms with E-state index in [4.69, 9.17) is 0 Å². The van der Waals surface area contributed by atoms with E-state index in [0.29, 0.717) is 11.3 Å². The molecule has 2 N–H and O–H groups in total. The molecule has 0 aromatic heterocycles. The molecule has 0 aliphatic heterocycles. The van der Waals surface area contributed by atoms with E-state index in [1.807, 2.05) is 19.1 Å². The first-order valence-electron chi connectivity index (χ1n) is 6.28. The van der Waals surface area contributed by atoms with Crippen LogP contribution in [-0.4, -0.2) is 10.0 Å². The lowest BCUT2D eigenvalue weighted by Crippen LogP contribution is -2.07. The fraction of sp³-hybridized carbons (Fsp3) is 0.200. The van der Waals surface area contributed by atoms with E-state index in [1.54, 1.807) is 31.2 Å². The number of nitrogens with zero attached hydrogens (tertiary/aromatic N) is 1. The molecule has 0 saturated heterocycles. The van der Waals surface area contributed by atoms with Gasteiger partial charge in [-0.2, -0.15) is 0 Å². The Kier molecular flexibility index (Phi) is 3.89. The standard InChI is InChI=1S/C15H16N2O3/c1-10-6-7-13(9-15(10)17(19)20)16-11(2)12-4-3-5-14(18)8-12/h3-9,11,16,18H,1-2H3. The van der Waals surface area contributed by atoms with Gasteiger partial charge in [-0.25, -0.2) is 0 Å². The number of nitrogens with one attached hydrogen (secondary N) is 1.